The lowest BCUT2D eigenvalue weighted by molar-refractivity contribution is 0.0952. The average Bonchev–Trinajstić information content (AvgIpc) is 2.54. The van der Waals surface area contributed by atoms with Gasteiger partial charge in [-0.05, 0) is 57.4 Å². The van der Waals surface area contributed by atoms with Crippen molar-refractivity contribution >= 4 is 15.9 Å². The second kappa shape index (κ2) is 8.09. The standard InChI is InChI=1S/C17H27N3O3S/c1-13(18)10-11-19-17(21)15-6-8-16(9-7-15)24(22,23)20-12-4-3-5-14(20)2/h6-9,13-14H,3-5,10-12,18H2,1-2H3,(H,19,21). The zero-order valence-electron chi connectivity index (χ0n) is 14.4. The maximum absolute atomic E-state index is 12.7. The Labute approximate surface area is 144 Å². The van der Waals surface area contributed by atoms with Crippen molar-refractivity contribution in [2.75, 3.05) is 13.1 Å². The van der Waals surface area contributed by atoms with Gasteiger partial charge in [0.2, 0.25) is 10.0 Å². The van der Waals surface area contributed by atoms with Crippen molar-refractivity contribution in [3.05, 3.63) is 29.8 Å². The predicted octanol–water partition coefficient (Wildman–Crippen LogP) is 1.72. The minimum absolute atomic E-state index is 0.0185. The van der Waals surface area contributed by atoms with Gasteiger partial charge in [0.25, 0.3) is 5.91 Å². The number of carbonyl (C=O) groups excluding carboxylic acids is 1. The molecule has 2 atom stereocenters. The second-order valence-electron chi connectivity index (χ2n) is 6.51. The molecule has 1 aromatic rings. The van der Waals surface area contributed by atoms with Crippen molar-refractivity contribution in [3.63, 3.8) is 0 Å². The summed E-state index contributed by atoms with van der Waals surface area (Å²) in [6, 6.07) is 6.19. The van der Waals surface area contributed by atoms with Gasteiger partial charge in [-0.2, -0.15) is 4.31 Å². The van der Waals surface area contributed by atoms with E-state index in [9.17, 15) is 13.2 Å². The SMILES string of the molecule is CC(N)CCNC(=O)c1ccc(S(=O)(=O)N2CCCCC2C)cc1. The molecule has 1 heterocycles. The molecule has 7 heteroatoms. The van der Waals surface area contributed by atoms with E-state index < -0.39 is 10.0 Å². The lowest BCUT2D eigenvalue weighted by Gasteiger charge is -2.32. The number of hydrogen-bond donors (Lipinski definition) is 2. The van der Waals surface area contributed by atoms with Crippen LogP contribution >= 0.6 is 0 Å². The van der Waals surface area contributed by atoms with Crippen LogP contribution in [0, 0.1) is 0 Å². The first kappa shape index (κ1) is 18.9. The number of nitrogens with one attached hydrogen (secondary N) is 1. The van der Waals surface area contributed by atoms with Crippen LogP contribution in [-0.2, 0) is 10.0 Å². The van der Waals surface area contributed by atoms with Crippen LogP contribution in [-0.4, -0.2) is 43.8 Å². The molecule has 0 saturated carbocycles. The van der Waals surface area contributed by atoms with Gasteiger partial charge in [-0.3, -0.25) is 4.79 Å². The van der Waals surface area contributed by atoms with E-state index in [0.29, 0.717) is 25.1 Å². The number of nitrogens with zero attached hydrogens (tertiary/aromatic N) is 1. The number of benzene rings is 1. The van der Waals surface area contributed by atoms with E-state index in [2.05, 4.69) is 5.32 Å². The van der Waals surface area contributed by atoms with Gasteiger partial charge in [-0.25, -0.2) is 8.42 Å². The molecule has 2 unspecified atom stereocenters. The van der Waals surface area contributed by atoms with Gasteiger partial charge in [-0.1, -0.05) is 6.42 Å². The maximum Gasteiger partial charge on any atom is 0.251 e. The lowest BCUT2D eigenvalue weighted by atomic mass is 10.1. The highest BCUT2D eigenvalue weighted by Gasteiger charge is 2.30. The number of sulfonamides is 1. The Morgan fingerprint density at radius 2 is 2.00 bits per heavy atom. The Kier molecular flexibility index (Phi) is 6.37. The number of nitrogens with two attached hydrogens (primary N) is 1. The zero-order valence-corrected chi connectivity index (χ0v) is 15.2. The van der Waals surface area contributed by atoms with Gasteiger partial charge in [0.15, 0.2) is 0 Å². The molecule has 24 heavy (non-hydrogen) atoms. The van der Waals surface area contributed by atoms with Crippen LogP contribution < -0.4 is 11.1 Å². The third-order valence-electron chi connectivity index (χ3n) is 4.35. The van der Waals surface area contributed by atoms with Crippen LogP contribution in [0.4, 0.5) is 0 Å². The summed E-state index contributed by atoms with van der Waals surface area (Å²) in [6.45, 7) is 4.88. The Morgan fingerprint density at radius 1 is 1.33 bits per heavy atom. The fourth-order valence-electron chi connectivity index (χ4n) is 2.86. The normalized spacial score (nSPS) is 20.5. The molecule has 134 valence electrons. The molecule has 6 nitrogen and oxygen atoms in total. The average molecular weight is 353 g/mol. The highest BCUT2D eigenvalue weighted by atomic mass is 32.2. The fraction of sp³-hybridized carbons (Fsp3) is 0.588. The number of amides is 1. The van der Waals surface area contributed by atoms with Crippen LogP contribution in [0.25, 0.3) is 0 Å². The van der Waals surface area contributed by atoms with E-state index >= 15 is 0 Å². The largest absolute Gasteiger partial charge is 0.352 e. The zero-order chi connectivity index (χ0) is 17.7. The third kappa shape index (κ3) is 4.55. The summed E-state index contributed by atoms with van der Waals surface area (Å²) in [5.41, 5.74) is 6.09. The highest BCUT2D eigenvalue weighted by Crippen LogP contribution is 2.25. The first-order valence-electron chi connectivity index (χ1n) is 8.48. The van der Waals surface area contributed by atoms with Gasteiger partial charge in [0, 0.05) is 30.7 Å². The Hall–Kier alpha value is -1.44. The smallest absolute Gasteiger partial charge is 0.251 e. The minimum atomic E-state index is -3.50. The van der Waals surface area contributed by atoms with Crippen molar-refractivity contribution in [3.8, 4) is 0 Å². The Morgan fingerprint density at radius 3 is 2.58 bits per heavy atom. The van der Waals surface area contributed by atoms with Crippen molar-refractivity contribution in [1.82, 2.24) is 9.62 Å². The van der Waals surface area contributed by atoms with Crippen LogP contribution in [0.2, 0.25) is 0 Å². The third-order valence-corrected chi connectivity index (χ3v) is 6.38. The molecule has 0 radical (unpaired) electrons. The predicted molar refractivity (Wildman–Crippen MR) is 94.2 cm³/mol. The number of piperidine rings is 1. The summed E-state index contributed by atoms with van der Waals surface area (Å²) in [4.78, 5) is 12.3. The summed E-state index contributed by atoms with van der Waals surface area (Å²) < 4.78 is 27.0. The van der Waals surface area contributed by atoms with Crippen molar-refractivity contribution in [2.45, 2.75) is 56.5 Å². The van der Waals surface area contributed by atoms with Crippen LogP contribution in [0.15, 0.2) is 29.2 Å². The summed E-state index contributed by atoms with van der Waals surface area (Å²) in [5.74, 6) is -0.217. The van der Waals surface area contributed by atoms with Gasteiger partial charge in [-0.15, -0.1) is 0 Å². The molecule has 1 amide bonds. The van der Waals surface area contributed by atoms with Crippen LogP contribution in [0.1, 0.15) is 49.9 Å². The Bertz CT molecular complexity index is 656. The molecule has 1 aliphatic rings. The second-order valence-corrected chi connectivity index (χ2v) is 8.40. The van der Waals surface area contributed by atoms with Crippen LogP contribution in [0.5, 0.6) is 0 Å². The number of hydrogen-bond acceptors (Lipinski definition) is 4. The van der Waals surface area contributed by atoms with Gasteiger partial charge < -0.3 is 11.1 Å². The Balaban J connectivity index is 2.06. The molecule has 0 aromatic heterocycles. The summed E-state index contributed by atoms with van der Waals surface area (Å²) in [7, 11) is -3.50. The molecule has 3 N–H and O–H groups in total. The van der Waals surface area contributed by atoms with Crippen molar-refractivity contribution in [2.24, 2.45) is 5.73 Å². The first-order valence-corrected chi connectivity index (χ1v) is 9.92. The molecule has 1 fully saturated rings. The molecule has 0 bridgehead atoms. The van der Waals surface area contributed by atoms with Crippen molar-refractivity contribution < 1.29 is 13.2 Å². The highest BCUT2D eigenvalue weighted by molar-refractivity contribution is 7.89. The fourth-order valence-corrected chi connectivity index (χ4v) is 4.56. The van der Waals surface area contributed by atoms with E-state index in [1.807, 2.05) is 13.8 Å². The van der Waals surface area contributed by atoms with E-state index in [-0.39, 0.29) is 22.9 Å². The molecule has 0 spiro atoms. The maximum atomic E-state index is 12.7. The van der Waals surface area contributed by atoms with Crippen molar-refractivity contribution in [1.29, 1.82) is 0 Å². The van der Waals surface area contributed by atoms with E-state index in [4.69, 9.17) is 5.73 Å². The molecule has 0 aliphatic carbocycles. The quantitative estimate of drug-likeness (QED) is 0.814. The summed E-state index contributed by atoms with van der Waals surface area (Å²) in [6.07, 6.45) is 3.54. The molecule has 1 saturated heterocycles. The molecule has 2 rings (SSSR count). The topological polar surface area (TPSA) is 92.5 Å². The van der Waals surface area contributed by atoms with Gasteiger partial charge >= 0.3 is 0 Å². The number of carbonyl (C=O) groups is 1. The summed E-state index contributed by atoms with van der Waals surface area (Å²) >= 11 is 0. The molecular formula is C17H27N3O3S. The van der Waals surface area contributed by atoms with E-state index in [0.717, 1.165) is 19.3 Å². The summed E-state index contributed by atoms with van der Waals surface area (Å²) in [5, 5.41) is 2.78. The van der Waals surface area contributed by atoms with E-state index in [1.54, 1.807) is 16.4 Å². The van der Waals surface area contributed by atoms with Gasteiger partial charge in [0.05, 0.1) is 4.90 Å². The van der Waals surface area contributed by atoms with Gasteiger partial charge in [0.1, 0.15) is 0 Å². The first-order chi connectivity index (χ1) is 11.3. The minimum Gasteiger partial charge on any atom is -0.352 e. The van der Waals surface area contributed by atoms with E-state index in [1.165, 1.54) is 12.1 Å². The van der Waals surface area contributed by atoms with Crippen LogP contribution in [0.3, 0.4) is 0 Å². The number of rotatable bonds is 6. The molecule has 1 aliphatic heterocycles. The monoisotopic (exact) mass is 353 g/mol. The lowest BCUT2D eigenvalue weighted by Crippen LogP contribution is -2.41. The molecular weight excluding hydrogens is 326 g/mol. The molecule has 1 aromatic carbocycles.